The molecule has 0 aliphatic rings. The lowest BCUT2D eigenvalue weighted by atomic mass is 10.2. The lowest BCUT2D eigenvalue weighted by molar-refractivity contribution is 0.283. The molecule has 0 bridgehead atoms. The molecule has 0 spiro atoms. The molecule has 2 aromatic rings. The largest absolute Gasteiger partial charge is 0.493 e. The Kier molecular flexibility index (Phi) is 4.57. The Morgan fingerprint density at radius 3 is 2.67 bits per heavy atom. The Labute approximate surface area is 121 Å². The summed E-state index contributed by atoms with van der Waals surface area (Å²) in [4.78, 5) is 4.14. The van der Waals surface area contributed by atoms with E-state index in [0.717, 1.165) is 0 Å². The molecule has 0 fully saturated rings. The maximum atomic E-state index is 13.5. The van der Waals surface area contributed by atoms with E-state index in [2.05, 4.69) is 4.98 Å². The Morgan fingerprint density at radius 1 is 1.19 bits per heavy atom. The molecule has 6 heteroatoms. The van der Waals surface area contributed by atoms with Crippen molar-refractivity contribution in [3.05, 3.63) is 47.5 Å². The molecule has 1 aromatic carbocycles. The number of pyridine rings is 1. The maximum Gasteiger partial charge on any atom is 0.185 e. The van der Waals surface area contributed by atoms with Crippen LogP contribution in [0, 0.1) is 17.1 Å². The molecule has 0 N–H and O–H groups in total. The minimum atomic E-state index is -0.624. The second kappa shape index (κ2) is 6.57. The Hall–Kier alpha value is -2.81. The van der Waals surface area contributed by atoms with Crippen LogP contribution in [0.1, 0.15) is 11.3 Å². The molecule has 108 valence electrons. The molecule has 5 nitrogen and oxygen atoms in total. The van der Waals surface area contributed by atoms with Gasteiger partial charge in [-0.25, -0.2) is 4.39 Å². The van der Waals surface area contributed by atoms with Gasteiger partial charge in [-0.3, -0.25) is 4.98 Å². The van der Waals surface area contributed by atoms with Crippen molar-refractivity contribution in [2.45, 2.75) is 6.61 Å². The predicted octanol–water partition coefficient (Wildman–Crippen LogP) is 2.69. The SMILES string of the molecule is COc1ccnc(COc2cccc(F)c2C#N)c1OC. The summed E-state index contributed by atoms with van der Waals surface area (Å²) in [5.41, 5.74) is 0.351. The monoisotopic (exact) mass is 288 g/mol. The van der Waals surface area contributed by atoms with Gasteiger partial charge in [-0.15, -0.1) is 0 Å². The normalized spacial score (nSPS) is 9.81. The Balaban J connectivity index is 2.25. The molecule has 21 heavy (non-hydrogen) atoms. The van der Waals surface area contributed by atoms with Gasteiger partial charge in [0.15, 0.2) is 11.5 Å². The highest BCUT2D eigenvalue weighted by atomic mass is 19.1. The zero-order valence-electron chi connectivity index (χ0n) is 11.6. The third-order valence-electron chi connectivity index (χ3n) is 2.82. The van der Waals surface area contributed by atoms with Gasteiger partial charge < -0.3 is 14.2 Å². The van der Waals surface area contributed by atoms with Crippen LogP contribution in [0.15, 0.2) is 30.5 Å². The topological polar surface area (TPSA) is 64.4 Å². The van der Waals surface area contributed by atoms with Gasteiger partial charge in [-0.1, -0.05) is 6.07 Å². The maximum absolute atomic E-state index is 13.5. The number of halogens is 1. The van der Waals surface area contributed by atoms with Gasteiger partial charge in [0.25, 0.3) is 0 Å². The highest BCUT2D eigenvalue weighted by Crippen LogP contribution is 2.30. The highest BCUT2D eigenvalue weighted by molar-refractivity contribution is 5.45. The first-order valence-electron chi connectivity index (χ1n) is 6.08. The fraction of sp³-hybridized carbons (Fsp3) is 0.200. The van der Waals surface area contributed by atoms with Crippen molar-refractivity contribution < 1.29 is 18.6 Å². The van der Waals surface area contributed by atoms with Crippen molar-refractivity contribution in [1.82, 2.24) is 4.98 Å². The van der Waals surface area contributed by atoms with Gasteiger partial charge in [-0.05, 0) is 12.1 Å². The third-order valence-corrected chi connectivity index (χ3v) is 2.82. The van der Waals surface area contributed by atoms with E-state index < -0.39 is 5.82 Å². The smallest absolute Gasteiger partial charge is 0.185 e. The van der Waals surface area contributed by atoms with Crippen molar-refractivity contribution in [2.24, 2.45) is 0 Å². The molecule has 0 saturated heterocycles. The number of aromatic nitrogens is 1. The molecule has 0 amide bonds. The van der Waals surface area contributed by atoms with Crippen LogP contribution in [0.3, 0.4) is 0 Å². The van der Waals surface area contributed by atoms with E-state index in [4.69, 9.17) is 19.5 Å². The quantitative estimate of drug-likeness (QED) is 0.846. The summed E-state index contributed by atoms with van der Waals surface area (Å²) in [6.45, 7) is 0.0263. The van der Waals surface area contributed by atoms with Crippen LogP contribution >= 0.6 is 0 Å². The summed E-state index contributed by atoms with van der Waals surface area (Å²) >= 11 is 0. The fourth-order valence-corrected chi connectivity index (χ4v) is 1.83. The summed E-state index contributed by atoms with van der Waals surface area (Å²) in [5.74, 6) is 0.491. The lowest BCUT2D eigenvalue weighted by Crippen LogP contribution is -2.04. The van der Waals surface area contributed by atoms with Gasteiger partial charge in [0.2, 0.25) is 0 Å². The van der Waals surface area contributed by atoms with Crippen molar-refractivity contribution in [3.8, 4) is 23.3 Å². The van der Waals surface area contributed by atoms with E-state index in [1.54, 1.807) is 18.3 Å². The molecular formula is C15H13FN2O3. The number of hydrogen-bond donors (Lipinski definition) is 0. The molecular weight excluding hydrogens is 275 g/mol. The van der Waals surface area contributed by atoms with Crippen LogP contribution < -0.4 is 14.2 Å². The van der Waals surface area contributed by atoms with Gasteiger partial charge >= 0.3 is 0 Å². The first kappa shape index (κ1) is 14.6. The first-order valence-corrected chi connectivity index (χ1v) is 6.08. The molecule has 0 atom stereocenters. The minimum absolute atomic E-state index is 0.0263. The van der Waals surface area contributed by atoms with Crippen molar-refractivity contribution in [3.63, 3.8) is 0 Å². The molecule has 1 heterocycles. The molecule has 0 aliphatic carbocycles. The van der Waals surface area contributed by atoms with E-state index in [0.29, 0.717) is 17.2 Å². The number of ether oxygens (including phenoxy) is 3. The van der Waals surface area contributed by atoms with Gasteiger partial charge in [0.1, 0.15) is 35.5 Å². The van der Waals surface area contributed by atoms with E-state index in [9.17, 15) is 4.39 Å². The van der Waals surface area contributed by atoms with E-state index >= 15 is 0 Å². The molecule has 0 radical (unpaired) electrons. The predicted molar refractivity (Wildman–Crippen MR) is 72.8 cm³/mol. The minimum Gasteiger partial charge on any atom is -0.493 e. The van der Waals surface area contributed by atoms with E-state index in [1.807, 2.05) is 0 Å². The summed E-state index contributed by atoms with van der Waals surface area (Å²) in [7, 11) is 3.01. The van der Waals surface area contributed by atoms with Crippen LogP contribution in [0.2, 0.25) is 0 Å². The summed E-state index contributed by atoms with van der Waals surface area (Å²) in [5, 5.41) is 8.95. The number of rotatable bonds is 5. The zero-order valence-corrected chi connectivity index (χ0v) is 11.6. The average molecular weight is 288 g/mol. The Bertz CT molecular complexity index is 683. The van der Waals surface area contributed by atoms with E-state index in [1.165, 1.54) is 32.4 Å². The molecule has 0 unspecified atom stereocenters. The van der Waals surface area contributed by atoms with Gasteiger partial charge in [-0.2, -0.15) is 5.26 Å². The zero-order chi connectivity index (χ0) is 15.2. The van der Waals surface area contributed by atoms with E-state index in [-0.39, 0.29) is 17.9 Å². The highest BCUT2D eigenvalue weighted by Gasteiger charge is 2.14. The lowest BCUT2D eigenvalue weighted by Gasteiger charge is -2.13. The van der Waals surface area contributed by atoms with Gasteiger partial charge in [0.05, 0.1) is 14.2 Å². The van der Waals surface area contributed by atoms with Crippen LogP contribution in [-0.4, -0.2) is 19.2 Å². The second-order valence-corrected chi connectivity index (χ2v) is 4.01. The number of nitrogens with zero attached hydrogens (tertiary/aromatic N) is 2. The molecule has 2 rings (SSSR count). The molecule has 0 aliphatic heterocycles. The summed E-state index contributed by atoms with van der Waals surface area (Å²) < 4.78 is 29.3. The van der Waals surface area contributed by atoms with Crippen LogP contribution in [0.5, 0.6) is 17.2 Å². The number of benzene rings is 1. The second-order valence-electron chi connectivity index (χ2n) is 4.01. The van der Waals surface area contributed by atoms with Crippen molar-refractivity contribution in [1.29, 1.82) is 5.26 Å². The number of nitriles is 1. The van der Waals surface area contributed by atoms with Crippen molar-refractivity contribution >= 4 is 0 Å². The first-order chi connectivity index (χ1) is 10.2. The molecule has 1 aromatic heterocycles. The summed E-state index contributed by atoms with van der Waals surface area (Å²) in [6, 6.07) is 7.63. The van der Waals surface area contributed by atoms with Crippen molar-refractivity contribution in [2.75, 3.05) is 14.2 Å². The fourth-order valence-electron chi connectivity index (χ4n) is 1.83. The number of hydrogen-bond acceptors (Lipinski definition) is 5. The van der Waals surface area contributed by atoms with Crippen LogP contribution in [0.4, 0.5) is 4.39 Å². The van der Waals surface area contributed by atoms with Crippen LogP contribution in [-0.2, 0) is 6.61 Å². The summed E-state index contributed by atoms with van der Waals surface area (Å²) in [6.07, 6.45) is 1.55. The van der Waals surface area contributed by atoms with Gasteiger partial charge in [0, 0.05) is 12.3 Å². The average Bonchev–Trinajstić information content (AvgIpc) is 2.52. The Morgan fingerprint density at radius 2 is 2.00 bits per heavy atom. The standard InChI is InChI=1S/C15H13FN2O3/c1-19-14-6-7-18-12(15(14)20-2)9-21-13-5-3-4-11(16)10(13)8-17/h3-7H,9H2,1-2H3. The number of methoxy groups -OCH3 is 2. The van der Waals surface area contributed by atoms with Crippen LogP contribution in [0.25, 0.3) is 0 Å². The third kappa shape index (κ3) is 3.03. The molecule has 0 saturated carbocycles.